The molecule has 9 aromatic carbocycles. The normalized spacial score (nSPS) is 12.6. The van der Waals surface area contributed by atoms with Crippen LogP contribution < -0.4 is 0 Å². The zero-order chi connectivity index (χ0) is 32.9. The molecule has 9 rings (SSSR count). The van der Waals surface area contributed by atoms with Crippen LogP contribution in [0.15, 0.2) is 121 Å². The fraction of sp³-hybridized carbons (Fsp3) is 0.167. The van der Waals surface area contributed by atoms with E-state index < -0.39 is 0 Å². The second-order valence-electron chi connectivity index (χ2n) is 15.7. The van der Waals surface area contributed by atoms with Crippen LogP contribution in [0.25, 0.3) is 86.5 Å². The standard InChI is InChI=1S/C48H38/c1-47(2,3)34-19-15-29-16-23-41-40(42(29)27-34)21-17-31-13-11-30-12-14-32(25-43(30)46(31)41)33-18-22-38-39-24-20-35(48(4,5)6)28-45(39)37-10-8-7-9-36(37)44(38)26-33/h7-15,17-22,24-28H,1-6H3. The molecule has 0 saturated carbocycles. The molecule has 0 aromatic heterocycles. The minimum Gasteiger partial charge on any atom is -0.0616 e. The van der Waals surface area contributed by atoms with Crippen molar-refractivity contribution in [2.75, 3.05) is 0 Å². The van der Waals surface area contributed by atoms with Crippen LogP contribution in [-0.2, 0) is 10.8 Å². The van der Waals surface area contributed by atoms with Gasteiger partial charge in [-0.15, -0.1) is 0 Å². The van der Waals surface area contributed by atoms with Crippen LogP contribution in [0.5, 0.6) is 0 Å². The first-order valence-corrected chi connectivity index (χ1v) is 17.1. The van der Waals surface area contributed by atoms with Gasteiger partial charge in [0.1, 0.15) is 0 Å². The Labute approximate surface area is 282 Å². The van der Waals surface area contributed by atoms with E-state index in [0.717, 1.165) is 10.8 Å². The molecule has 0 unspecified atom stereocenters. The minimum absolute atomic E-state index is 0.0748. The first-order valence-electron chi connectivity index (χ1n) is 17.1. The third-order valence-corrected chi connectivity index (χ3v) is 10.5. The Morgan fingerprint density at radius 1 is 0.375 bits per heavy atom. The van der Waals surface area contributed by atoms with Gasteiger partial charge < -0.3 is 0 Å². The van der Waals surface area contributed by atoms with Gasteiger partial charge in [-0.05, 0) is 123 Å². The number of rotatable bonds is 1. The lowest BCUT2D eigenvalue weighted by molar-refractivity contribution is 0.591. The third-order valence-electron chi connectivity index (χ3n) is 10.5. The quantitative estimate of drug-likeness (QED) is 0.161. The summed E-state index contributed by atoms with van der Waals surface area (Å²) in [6.45, 7) is 13.7. The first kappa shape index (κ1) is 28.8. The zero-order valence-electron chi connectivity index (χ0n) is 28.5. The summed E-state index contributed by atoms with van der Waals surface area (Å²) >= 11 is 0. The molecule has 230 valence electrons. The molecular weight excluding hydrogens is 577 g/mol. The minimum atomic E-state index is 0.0748. The van der Waals surface area contributed by atoms with E-state index in [9.17, 15) is 0 Å². The fourth-order valence-electron chi connectivity index (χ4n) is 7.75. The van der Waals surface area contributed by atoms with E-state index in [1.54, 1.807) is 0 Å². The number of hydrogen-bond donors (Lipinski definition) is 0. The smallest absolute Gasteiger partial charge is 0.0412 e. The Balaban J connectivity index is 1.29. The summed E-state index contributed by atoms with van der Waals surface area (Å²) in [6, 6.07) is 52.9. The van der Waals surface area contributed by atoms with Gasteiger partial charge in [0.25, 0.3) is 0 Å². The Hall–Kier alpha value is -5.38. The van der Waals surface area contributed by atoms with E-state index in [1.165, 1.54) is 86.9 Å². The van der Waals surface area contributed by atoms with Gasteiger partial charge in [0.15, 0.2) is 0 Å². The molecule has 0 nitrogen and oxygen atoms in total. The largest absolute Gasteiger partial charge is 0.0616 e. The molecule has 0 atom stereocenters. The van der Waals surface area contributed by atoms with Gasteiger partial charge in [-0.25, -0.2) is 0 Å². The third kappa shape index (κ3) is 4.38. The van der Waals surface area contributed by atoms with Crippen molar-refractivity contribution in [1.82, 2.24) is 0 Å². The molecule has 0 N–H and O–H groups in total. The van der Waals surface area contributed by atoms with Crippen LogP contribution >= 0.6 is 0 Å². The molecule has 0 heteroatoms. The van der Waals surface area contributed by atoms with E-state index in [2.05, 4.69) is 175 Å². The second kappa shape index (κ2) is 10.1. The molecule has 0 spiro atoms. The molecule has 0 fully saturated rings. The van der Waals surface area contributed by atoms with Gasteiger partial charge in [0.05, 0.1) is 0 Å². The van der Waals surface area contributed by atoms with Crippen LogP contribution in [0, 0.1) is 12.1 Å². The maximum absolute atomic E-state index is 3.60. The van der Waals surface area contributed by atoms with Gasteiger partial charge in [-0.2, -0.15) is 0 Å². The molecule has 0 radical (unpaired) electrons. The summed E-state index contributed by atoms with van der Waals surface area (Å²) < 4.78 is 0. The van der Waals surface area contributed by atoms with Gasteiger partial charge >= 0.3 is 0 Å². The van der Waals surface area contributed by atoms with Crippen molar-refractivity contribution in [2.45, 2.75) is 52.4 Å². The molecule has 48 heavy (non-hydrogen) atoms. The van der Waals surface area contributed by atoms with Crippen molar-refractivity contribution in [3.63, 3.8) is 0 Å². The van der Waals surface area contributed by atoms with Gasteiger partial charge in [-0.3, -0.25) is 0 Å². The molecule has 0 bridgehead atoms. The fourth-order valence-corrected chi connectivity index (χ4v) is 7.75. The maximum atomic E-state index is 3.60. The van der Waals surface area contributed by atoms with Crippen molar-refractivity contribution in [3.05, 3.63) is 145 Å². The topological polar surface area (TPSA) is 0 Å². The molecule has 0 amide bonds. The molecule has 0 heterocycles. The highest BCUT2D eigenvalue weighted by Crippen LogP contribution is 2.41. The van der Waals surface area contributed by atoms with Crippen LogP contribution in [0.1, 0.15) is 52.7 Å². The summed E-state index contributed by atoms with van der Waals surface area (Å²) in [6.07, 6.45) is 0. The van der Waals surface area contributed by atoms with E-state index in [0.29, 0.717) is 0 Å². The predicted molar refractivity (Wildman–Crippen MR) is 209 cm³/mol. The van der Waals surface area contributed by atoms with Crippen molar-refractivity contribution >= 4 is 75.4 Å². The number of fused-ring (bicyclic) bond motifs is 13. The van der Waals surface area contributed by atoms with E-state index in [4.69, 9.17) is 0 Å². The molecule has 0 aliphatic heterocycles. The van der Waals surface area contributed by atoms with Crippen LogP contribution in [0.2, 0.25) is 0 Å². The summed E-state index contributed by atoms with van der Waals surface area (Å²) in [5.74, 6) is 0. The highest BCUT2D eigenvalue weighted by Gasteiger charge is 2.18. The Morgan fingerprint density at radius 3 is 1.58 bits per heavy atom. The first-order chi connectivity index (χ1) is 23.0. The monoisotopic (exact) mass is 614 g/mol. The average molecular weight is 615 g/mol. The van der Waals surface area contributed by atoms with Crippen LogP contribution in [-0.4, -0.2) is 0 Å². The molecule has 0 aliphatic carbocycles. The molecule has 0 saturated heterocycles. The van der Waals surface area contributed by atoms with Gasteiger partial charge in [-0.1, -0.05) is 145 Å². The molecular formula is C48H38. The summed E-state index contributed by atoms with van der Waals surface area (Å²) in [5.41, 5.74) is 5.32. The highest BCUT2D eigenvalue weighted by atomic mass is 14.2. The van der Waals surface area contributed by atoms with Crippen LogP contribution in [0.4, 0.5) is 0 Å². The maximum Gasteiger partial charge on any atom is 0.0412 e. The summed E-state index contributed by atoms with van der Waals surface area (Å²) in [7, 11) is 0. The zero-order valence-corrected chi connectivity index (χ0v) is 28.5. The lowest BCUT2D eigenvalue weighted by Gasteiger charge is -2.21. The van der Waals surface area contributed by atoms with Crippen molar-refractivity contribution in [2.24, 2.45) is 0 Å². The average Bonchev–Trinajstić information content (AvgIpc) is 3.09. The Kier molecular flexibility index (Phi) is 6.04. The molecule has 0 aliphatic rings. The molecule has 9 aromatic rings. The van der Waals surface area contributed by atoms with E-state index in [1.807, 2.05) is 0 Å². The van der Waals surface area contributed by atoms with Crippen LogP contribution in [0.3, 0.4) is 0 Å². The van der Waals surface area contributed by atoms with Gasteiger partial charge in [0.2, 0.25) is 0 Å². The van der Waals surface area contributed by atoms with Crippen molar-refractivity contribution < 1.29 is 0 Å². The predicted octanol–water partition coefficient (Wildman–Crippen LogP) is 13.6. The Morgan fingerprint density at radius 2 is 0.875 bits per heavy atom. The van der Waals surface area contributed by atoms with Crippen molar-refractivity contribution in [1.29, 1.82) is 0 Å². The van der Waals surface area contributed by atoms with E-state index >= 15 is 0 Å². The number of hydrogen-bond acceptors (Lipinski definition) is 0. The lowest BCUT2D eigenvalue weighted by Crippen LogP contribution is -2.10. The lowest BCUT2D eigenvalue weighted by atomic mass is 9.84. The van der Waals surface area contributed by atoms with E-state index in [-0.39, 0.29) is 10.8 Å². The van der Waals surface area contributed by atoms with Crippen molar-refractivity contribution in [3.8, 4) is 11.1 Å². The Bertz CT molecular complexity index is 2760. The van der Waals surface area contributed by atoms with Gasteiger partial charge in [0, 0.05) is 16.2 Å². The summed E-state index contributed by atoms with van der Waals surface area (Å²) in [4.78, 5) is 0. The highest BCUT2D eigenvalue weighted by molar-refractivity contribution is 6.27. The summed E-state index contributed by atoms with van der Waals surface area (Å²) in [5, 5.41) is 17.6. The number of benzene rings is 8. The SMILES string of the molecule is CC(C)(C)c1ccc2c#cc3c(ccc4ccc5ccc(-c6ccc7c8ccc(C(C)(C)C)cc8c8ccccc8c7c6)cc5c43)c2c1. The second-order valence-corrected chi connectivity index (χ2v) is 15.7.